The van der Waals surface area contributed by atoms with Crippen molar-refractivity contribution in [2.45, 2.75) is 77.5 Å². The predicted octanol–water partition coefficient (Wildman–Crippen LogP) is 3.21. The summed E-state index contributed by atoms with van der Waals surface area (Å²) >= 11 is 0. The molecule has 4 N–H and O–H groups in total. The molecule has 10 heteroatoms. The van der Waals surface area contributed by atoms with Crippen molar-refractivity contribution in [2.75, 3.05) is 29.0 Å². The molecule has 190 valence electrons. The monoisotopic (exact) mass is 485 g/mol. The lowest BCUT2D eigenvalue weighted by Crippen LogP contribution is -2.41. The van der Waals surface area contributed by atoms with Crippen molar-refractivity contribution in [1.29, 1.82) is 0 Å². The lowest BCUT2D eigenvalue weighted by molar-refractivity contribution is -0.115. The van der Waals surface area contributed by atoms with Crippen molar-refractivity contribution < 1.29 is 14.3 Å². The number of H-pyrrole nitrogens is 1. The number of aromatic amines is 1. The van der Waals surface area contributed by atoms with Crippen molar-refractivity contribution in [2.24, 2.45) is 0 Å². The molecule has 2 aromatic rings. The lowest BCUT2D eigenvalue weighted by Gasteiger charge is -2.31. The summed E-state index contributed by atoms with van der Waals surface area (Å²) in [5, 5.41) is 2.88. The average Bonchev–Trinajstić information content (AvgIpc) is 3.15. The minimum atomic E-state index is -0.595. The van der Waals surface area contributed by atoms with Crippen molar-refractivity contribution in [3.05, 3.63) is 39.0 Å². The number of nitrogens with zero attached hydrogens (tertiary/aromatic N) is 2. The lowest BCUT2D eigenvalue weighted by atomic mass is 9.94. The van der Waals surface area contributed by atoms with Gasteiger partial charge in [0.2, 0.25) is 5.91 Å². The predicted molar refractivity (Wildman–Crippen MR) is 135 cm³/mol. The van der Waals surface area contributed by atoms with Gasteiger partial charge < -0.3 is 25.4 Å². The van der Waals surface area contributed by atoms with Crippen molar-refractivity contribution in [3.8, 4) is 11.5 Å². The molecule has 10 nitrogen and oxygen atoms in total. The average molecular weight is 486 g/mol. The van der Waals surface area contributed by atoms with E-state index in [1.165, 1.54) is 11.0 Å². The Kier molecular flexibility index (Phi) is 7.37. The Morgan fingerprint density at radius 2 is 1.89 bits per heavy atom. The molecule has 1 amide bonds. The van der Waals surface area contributed by atoms with Crippen molar-refractivity contribution in [1.82, 2.24) is 9.55 Å². The van der Waals surface area contributed by atoms with Crippen LogP contribution in [0.15, 0.2) is 27.8 Å². The van der Waals surface area contributed by atoms with E-state index in [4.69, 9.17) is 15.2 Å². The van der Waals surface area contributed by atoms with Gasteiger partial charge in [-0.3, -0.25) is 19.1 Å². The van der Waals surface area contributed by atoms with E-state index in [1.807, 2.05) is 19.9 Å². The van der Waals surface area contributed by atoms with E-state index in [9.17, 15) is 14.4 Å². The normalized spacial score (nSPS) is 15.8. The Balaban J connectivity index is 1.50. The molecule has 2 aliphatic rings. The van der Waals surface area contributed by atoms with Crippen molar-refractivity contribution in [3.63, 3.8) is 0 Å². The van der Waals surface area contributed by atoms with E-state index in [0.29, 0.717) is 36.7 Å². The van der Waals surface area contributed by atoms with Gasteiger partial charge in [-0.2, -0.15) is 0 Å². The van der Waals surface area contributed by atoms with Gasteiger partial charge in [-0.25, -0.2) is 4.79 Å². The highest BCUT2D eigenvalue weighted by Crippen LogP contribution is 2.46. The molecule has 0 radical (unpaired) electrons. The van der Waals surface area contributed by atoms with Crippen LogP contribution in [0.5, 0.6) is 11.5 Å². The molecule has 1 aliphatic heterocycles. The number of anilines is 3. The molecular formula is C25H35N5O5. The smallest absolute Gasteiger partial charge is 0.330 e. The summed E-state index contributed by atoms with van der Waals surface area (Å²) in [6.07, 6.45) is 7.33. The Labute approximate surface area is 204 Å². The number of aromatic nitrogens is 2. The number of hydrogen-bond acceptors (Lipinski definition) is 7. The Morgan fingerprint density at radius 1 is 1.14 bits per heavy atom. The molecule has 1 saturated carbocycles. The number of carbonyl (C=O) groups is 1. The largest absolute Gasteiger partial charge is 0.448 e. The summed E-state index contributed by atoms with van der Waals surface area (Å²) in [4.78, 5) is 41.9. The maximum absolute atomic E-state index is 13.0. The molecule has 0 unspecified atom stereocenters. The third kappa shape index (κ3) is 5.31. The van der Waals surface area contributed by atoms with E-state index < -0.39 is 17.0 Å². The SMILES string of the molecule is CCCCn1c(N)c(N(CCC)CC(=O)Nc2ccc3c(c2)OC2(CCCCC2)O3)c(=O)[nH]c1=O. The first-order valence-electron chi connectivity index (χ1n) is 12.5. The molecule has 1 spiro atoms. The molecule has 0 bridgehead atoms. The van der Waals surface area contributed by atoms with Crippen LogP contribution in [0.1, 0.15) is 65.2 Å². The highest BCUT2D eigenvalue weighted by molar-refractivity contribution is 5.94. The van der Waals surface area contributed by atoms with E-state index in [2.05, 4.69) is 10.3 Å². The van der Waals surface area contributed by atoms with Gasteiger partial charge in [0.1, 0.15) is 11.5 Å². The number of fused-ring (bicyclic) bond motifs is 1. The number of hydrogen-bond donors (Lipinski definition) is 3. The number of benzene rings is 1. The van der Waals surface area contributed by atoms with Crippen LogP contribution in [0.2, 0.25) is 0 Å². The molecule has 4 rings (SSSR count). The second-order valence-corrected chi connectivity index (χ2v) is 9.31. The molecule has 35 heavy (non-hydrogen) atoms. The fraction of sp³-hybridized carbons (Fsp3) is 0.560. The van der Waals surface area contributed by atoms with E-state index in [-0.39, 0.29) is 24.0 Å². The van der Waals surface area contributed by atoms with Crippen LogP contribution in [-0.2, 0) is 11.3 Å². The van der Waals surface area contributed by atoms with Gasteiger partial charge in [0, 0.05) is 37.7 Å². The molecule has 0 atom stereocenters. The maximum Gasteiger partial charge on any atom is 0.330 e. The first kappa shape index (κ1) is 24.7. The number of nitrogen functional groups attached to an aromatic ring is 1. The van der Waals surface area contributed by atoms with Gasteiger partial charge >= 0.3 is 5.69 Å². The number of unbranched alkanes of at least 4 members (excludes halogenated alkanes) is 1. The quantitative estimate of drug-likeness (QED) is 0.497. The molecule has 0 saturated heterocycles. The highest BCUT2D eigenvalue weighted by Gasteiger charge is 2.42. The number of nitrogens with two attached hydrogens (primary N) is 1. The second kappa shape index (κ2) is 10.5. The summed E-state index contributed by atoms with van der Waals surface area (Å²) in [5.74, 6) is 0.495. The summed E-state index contributed by atoms with van der Waals surface area (Å²) in [7, 11) is 0. The van der Waals surface area contributed by atoms with Crippen LogP contribution < -0.4 is 36.7 Å². The van der Waals surface area contributed by atoms with Gasteiger partial charge in [0.25, 0.3) is 11.3 Å². The van der Waals surface area contributed by atoms with Gasteiger partial charge in [-0.05, 0) is 37.8 Å². The summed E-state index contributed by atoms with van der Waals surface area (Å²) in [5.41, 5.74) is 5.84. The highest BCUT2D eigenvalue weighted by atomic mass is 16.7. The Bertz CT molecular complexity index is 1180. The van der Waals surface area contributed by atoms with Crippen molar-refractivity contribution >= 4 is 23.1 Å². The molecule has 1 aliphatic carbocycles. The number of carbonyl (C=O) groups excluding carboxylic acids is 1. The van der Waals surface area contributed by atoms with E-state index >= 15 is 0 Å². The minimum absolute atomic E-state index is 0.0781. The summed E-state index contributed by atoms with van der Waals surface area (Å²) in [6.45, 7) is 4.69. The Morgan fingerprint density at radius 3 is 2.60 bits per heavy atom. The van der Waals surface area contributed by atoms with E-state index in [0.717, 1.165) is 38.5 Å². The van der Waals surface area contributed by atoms with Gasteiger partial charge in [0.05, 0.1) is 6.54 Å². The van der Waals surface area contributed by atoms with Crippen LogP contribution in [0.3, 0.4) is 0 Å². The molecular weight excluding hydrogens is 450 g/mol. The first-order chi connectivity index (χ1) is 16.9. The summed E-state index contributed by atoms with van der Waals surface area (Å²) in [6, 6.07) is 5.36. The molecule has 2 heterocycles. The Hall–Kier alpha value is -3.43. The second-order valence-electron chi connectivity index (χ2n) is 9.31. The van der Waals surface area contributed by atoms with Crippen LogP contribution in [-0.4, -0.2) is 34.3 Å². The number of nitrogens with one attached hydrogen (secondary N) is 2. The zero-order valence-electron chi connectivity index (χ0n) is 20.5. The number of ether oxygens (including phenoxy) is 2. The number of amides is 1. The molecule has 1 aromatic carbocycles. The third-order valence-electron chi connectivity index (χ3n) is 6.53. The maximum atomic E-state index is 13.0. The fourth-order valence-electron chi connectivity index (χ4n) is 4.80. The van der Waals surface area contributed by atoms with Crippen LogP contribution in [0.4, 0.5) is 17.2 Å². The van der Waals surface area contributed by atoms with Crippen LogP contribution in [0, 0.1) is 0 Å². The van der Waals surface area contributed by atoms with Gasteiger partial charge in [-0.15, -0.1) is 0 Å². The minimum Gasteiger partial charge on any atom is -0.448 e. The molecule has 1 aromatic heterocycles. The third-order valence-corrected chi connectivity index (χ3v) is 6.53. The van der Waals surface area contributed by atoms with Gasteiger partial charge in [0.15, 0.2) is 11.5 Å². The topological polar surface area (TPSA) is 132 Å². The standard InChI is InChI=1S/C25H35N5O5/c1-3-5-14-30-22(26)21(23(32)28-24(30)33)29(13-4-2)16-20(31)27-17-9-10-18-19(15-17)35-25(34-18)11-7-6-8-12-25/h9-10,15H,3-8,11-14,16,26H2,1-2H3,(H,27,31)(H,28,32,33). The van der Waals surface area contributed by atoms with Crippen LogP contribution >= 0.6 is 0 Å². The van der Waals surface area contributed by atoms with Gasteiger partial charge in [-0.1, -0.05) is 26.7 Å². The summed E-state index contributed by atoms with van der Waals surface area (Å²) < 4.78 is 13.6. The number of rotatable bonds is 9. The molecule has 1 fully saturated rings. The zero-order chi connectivity index (χ0) is 25.0. The zero-order valence-corrected chi connectivity index (χ0v) is 20.5. The van der Waals surface area contributed by atoms with E-state index in [1.54, 1.807) is 17.0 Å². The first-order valence-corrected chi connectivity index (χ1v) is 12.5. The fourth-order valence-corrected chi connectivity index (χ4v) is 4.80. The van der Waals surface area contributed by atoms with Crippen LogP contribution in [0.25, 0.3) is 0 Å².